The molecule has 12 nitrogen and oxygen atoms in total. The van der Waals surface area contributed by atoms with Gasteiger partial charge in [0.15, 0.2) is 0 Å². The summed E-state index contributed by atoms with van der Waals surface area (Å²) in [6, 6.07) is 2.80. The predicted molar refractivity (Wildman–Crippen MR) is 131 cm³/mol. The number of hydrogen-bond acceptors (Lipinski definition) is 7. The van der Waals surface area contributed by atoms with E-state index in [4.69, 9.17) is 5.73 Å². The second kappa shape index (κ2) is 11.4. The molecule has 2 aromatic rings. The number of H-pyrrole nitrogens is 1. The highest BCUT2D eigenvalue weighted by Gasteiger charge is 2.41. The predicted octanol–water partition coefficient (Wildman–Crippen LogP) is -0.221. The van der Waals surface area contributed by atoms with Gasteiger partial charge in [0, 0.05) is 31.4 Å². The van der Waals surface area contributed by atoms with E-state index >= 15 is 0 Å². The summed E-state index contributed by atoms with van der Waals surface area (Å²) in [6.45, 7) is 0.665. The number of carbonyl (C=O) groups excluding carboxylic acids is 3. The fourth-order valence-electron chi connectivity index (χ4n) is 5.06. The van der Waals surface area contributed by atoms with E-state index < -0.39 is 42.0 Å². The fourth-order valence-corrected chi connectivity index (χ4v) is 5.06. The van der Waals surface area contributed by atoms with Crippen LogP contribution in [0.15, 0.2) is 36.8 Å². The molecule has 4 rings (SSSR count). The standard InChI is InChI=1S/C25H32N6O6/c26-18(11-15-5-7-17(32)8-6-15)23(34)30-9-1-3-20(30)22(33)29-19(12-16-13-27-14-28-16)24(35)31-10-2-4-21(31)25(36)37/h5-8,13-14,18-21,32H,1-4,9-12,26H2,(H,27,28)(H,29,33)(H,36,37). The number of aliphatic carboxylic acids is 1. The molecule has 12 heteroatoms. The van der Waals surface area contributed by atoms with Crippen molar-refractivity contribution < 1.29 is 29.4 Å². The molecule has 0 radical (unpaired) electrons. The number of phenols is 1. The van der Waals surface area contributed by atoms with Gasteiger partial charge >= 0.3 is 5.97 Å². The monoisotopic (exact) mass is 512 g/mol. The molecule has 6 N–H and O–H groups in total. The van der Waals surface area contributed by atoms with Crippen LogP contribution in [0.25, 0.3) is 0 Å². The number of nitrogens with two attached hydrogens (primary N) is 1. The van der Waals surface area contributed by atoms with Gasteiger partial charge in [-0.05, 0) is 49.8 Å². The van der Waals surface area contributed by atoms with Gasteiger partial charge in [0.1, 0.15) is 23.9 Å². The first-order chi connectivity index (χ1) is 17.7. The van der Waals surface area contributed by atoms with Gasteiger partial charge in [-0.15, -0.1) is 0 Å². The highest BCUT2D eigenvalue weighted by Crippen LogP contribution is 2.22. The maximum atomic E-state index is 13.4. The van der Waals surface area contributed by atoms with Crippen molar-refractivity contribution in [1.29, 1.82) is 0 Å². The Bertz CT molecular complexity index is 1120. The van der Waals surface area contributed by atoms with E-state index in [9.17, 15) is 29.4 Å². The van der Waals surface area contributed by atoms with Gasteiger partial charge in [-0.25, -0.2) is 9.78 Å². The zero-order valence-electron chi connectivity index (χ0n) is 20.4. The number of carboxylic acid groups (broad SMARTS) is 1. The summed E-state index contributed by atoms with van der Waals surface area (Å²) in [6.07, 6.45) is 5.32. The molecule has 3 amide bonds. The van der Waals surface area contributed by atoms with Gasteiger partial charge in [0.2, 0.25) is 17.7 Å². The molecule has 0 bridgehead atoms. The van der Waals surface area contributed by atoms with Crippen LogP contribution in [0.2, 0.25) is 0 Å². The number of benzene rings is 1. The molecular weight excluding hydrogens is 480 g/mol. The quantitative estimate of drug-likeness (QED) is 0.305. The highest BCUT2D eigenvalue weighted by atomic mass is 16.4. The molecule has 2 fully saturated rings. The molecule has 0 spiro atoms. The van der Waals surface area contributed by atoms with Gasteiger partial charge in [-0.2, -0.15) is 0 Å². The van der Waals surface area contributed by atoms with Crippen LogP contribution >= 0.6 is 0 Å². The number of nitrogens with one attached hydrogen (secondary N) is 2. The van der Waals surface area contributed by atoms with Gasteiger partial charge in [0.05, 0.1) is 12.4 Å². The lowest BCUT2D eigenvalue weighted by atomic mass is 10.0. The van der Waals surface area contributed by atoms with Crippen molar-refractivity contribution >= 4 is 23.7 Å². The third-order valence-corrected chi connectivity index (χ3v) is 6.96. The first-order valence-electron chi connectivity index (χ1n) is 12.4. The van der Waals surface area contributed by atoms with E-state index in [0.29, 0.717) is 44.5 Å². The number of nitrogens with zero attached hydrogens (tertiary/aromatic N) is 3. The second-order valence-corrected chi connectivity index (χ2v) is 9.54. The second-order valence-electron chi connectivity index (χ2n) is 9.54. The minimum atomic E-state index is -1.08. The Labute approximate surface area is 213 Å². The molecule has 0 aliphatic carbocycles. The van der Waals surface area contributed by atoms with E-state index in [-0.39, 0.29) is 24.5 Å². The lowest BCUT2D eigenvalue weighted by Gasteiger charge is -2.30. The van der Waals surface area contributed by atoms with E-state index in [1.54, 1.807) is 18.3 Å². The maximum absolute atomic E-state index is 13.4. The first kappa shape index (κ1) is 26.1. The van der Waals surface area contributed by atoms with Gasteiger partial charge in [-0.3, -0.25) is 14.4 Å². The Morgan fingerprint density at radius 1 is 1.03 bits per heavy atom. The van der Waals surface area contributed by atoms with Crippen molar-refractivity contribution in [2.24, 2.45) is 5.73 Å². The molecule has 2 aliphatic heterocycles. The molecule has 4 atom stereocenters. The number of aromatic amines is 1. The summed E-state index contributed by atoms with van der Waals surface area (Å²) >= 11 is 0. The largest absolute Gasteiger partial charge is 0.508 e. The fraction of sp³-hybridized carbons (Fsp3) is 0.480. The Morgan fingerprint density at radius 3 is 2.30 bits per heavy atom. The van der Waals surface area contributed by atoms with Crippen LogP contribution in [0.1, 0.15) is 36.9 Å². The van der Waals surface area contributed by atoms with Crippen molar-refractivity contribution in [3.05, 3.63) is 48.0 Å². The van der Waals surface area contributed by atoms with Crippen LogP contribution in [-0.2, 0) is 32.0 Å². The molecule has 1 aromatic heterocycles. The summed E-state index contributed by atoms with van der Waals surface area (Å²) in [5.41, 5.74) is 7.57. The third-order valence-electron chi connectivity index (χ3n) is 6.96. The number of carboxylic acids is 1. The van der Waals surface area contributed by atoms with Crippen molar-refractivity contribution in [3.8, 4) is 5.75 Å². The zero-order chi connectivity index (χ0) is 26.5. The summed E-state index contributed by atoms with van der Waals surface area (Å²) in [5, 5.41) is 21.8. The van der Waals surface area contributed by atoms with Gasteiger partial charge < -0.3 is 36.0 Å². The molecule has 198 valence electrons. The topological polar surface area (TPSA) is 182 Å². The molecule has 3 heterocycles. The Kier molecular flexibility index (Phi) is 8.07. The minimum Gasteiger partial charge on any atom is -0.508 e. The zero-order valence-corrected chi connectivity index (χ0v) is 20.4. The number of hydrogen-bond donors (Lipinski definition) is 5. The summed E-state index contributed by atoms with van der Waals surface area (Å²) in [7, 11) is 0. The smallest absolute Gasteiger partial charge is 0.326 e. The Hall–Kier alpha value is -3.93. The Balaban J connectivity index is 1.46. The number of phenolic OH excluding ortho intramolecular Hbond substituents is 1. The minimum absolute atomic E-state index is 0.106. The van der Waals surface area contributed by atoms with Crippen molar-refractivity contribution in [2.75, 3.05) is 13.1 Å². The number of aromatic hydroxyl groups is 1. The normalized spacial score (nSPS) is 21.0. The van der Waals surface area contributed by atoms with Crippen LogP contribution < -0.4 is 11.1 Å². The van der Waals surface area contributed by atoms with Crippen LogP contribution in [0.4, 0.5) is 0 Å². The summed E-state index contributed by atoms with van der Waals surface area (Å²) < 4.78 is 0. The molecule has 37 heavy (non-hydrogen) atoms. The molecule has 4 unspecified atom stereocenters. The van der Waals surface area contributed by atoms with Crippen molar-refractivity contribution in [1.82, 2.24) is 25.1 Å². The van der Waals surface area contributed by atoms with Crippen LogP contribution in [0.5, 0.6) is 5.75 Å². The van der Waals surface area contributed by atoms with Crippen LogP contribution in [0.3, 0.4) is 0 Å². The van der Waals surface area contributed by atoms with E-state index in [2.05, 4.69) is 15.3 Å². The van der Waals surface area contributed by atoms with Gasteiger partial charge in [0.25, 0.3) is 0 Å². The van der Waals surface area contributed by atoms with Crippen molar-refractivity contribution in [3.63, 3.8) is 0 Å². The van der Waals surface area contributed by atoms with Crippen LogP contribution in [-0.4, -0.2) is 90.9 Å². The molecule has 2 aliphatic rings. The highest BCUT2D eigenvalue weighted by molar-refractivity contribution is 5.94. The summed E-state index contributed by atoms with van der Waals surface area (Å²) in [5.74, 6) is -2.29. The maximum Gasteiger partial charge on any atom is 0.326 e. The molecule has 1 aromatic carbocycles. The van der Waals surface area contributed by atoms with Crippen LogP contribution in [0, 0.1) is 0 Å². The summed E-state index contributed by atoms with van der Waals surface area (Å²) in [4.78, 5) is 61.2. The number of likely N-dealkylation sites (tertiary alicyclic amines) is 2. The number of amides is 3. The van der Waals surface area contributed by atoms with E-state index in [1.165, 1.54) is 28.3 Å². The first-order valence-corrected chi connectivity index (χ1v) is 12.4. The lowest BCUT2D eigenvalue weighted by Crippen LogP contribution is -2.57. The number of carbonyl (C=O) groups is 4. The number of imidazole rings is 1. The number of aromatic nitrogens is 2. The van der Waals surface area contributed by atoms with E-state index in [1.807, 2.05) is 0 Å². The average molecular weight is 513 g/mol. The lowest BCUT2D eigenvalue weighted by molar-refractivity contribution is -0.149. The average Bonchev–Trinajstić information content (AvgIpc) is 3.65. The molecule has 2 saturated heterocycles. The van der Waals surface area contributed by atoms with E-state index in [0.717, 1.165) is 5.56 Å². The SMILES string of the molecule is NC(Cc1ccc(O)cc1)C(=O)N1CCCC1C(=O)NC(Cc1cnc[nH]1)C(=O)N1CCCC1C(=O)O. The Morgan fingerprint density at radius 2 is 1.68 bits per heavy atom. The molecular formula is C25H32N6O6. The molecule has 0 saturated carbocycles. The van der Waals surface area contributed by atoms with Crippen molar-refractivity contribution in [2.45, 2.75) is 62.7 Å². The third kappa shape index (κ3) is 6.08. The number of rotatable bonds is 9. The van der Waals surface area contributed by atoms with Gasteiger partial charge in [-0.1, -0.05) is 12.1 Å².